The molecule has 1 aromatic rings. The van der Waals surface area contributed by atoms with Crippen LogP contribution in [-0.4, -0.2) is 18.0 Å². The Morgan fingerprint density at radius 2 is 2.23 bits per heavy atom. The van der Waals surface area contributed by atoms with Crippen molar-refractivity contribution in [3.63, 3.8) is 0 Å². The number of ether oxygens (including phenoxy) is 1. The molecule has 4 rings (SSSR count). The van der Waals surface area contributed by atoms with Crippen LogP contribution in [-0.2, 0) is 20.7 Å². The van der Waals surface area contributed by atoms with E-state index < -0.39 is 0 Å². The van der Waals surface area contributed by atoms with Crippen LogP contribution in [0, 0.1) is 23.7 Å². The number of halogens is 1. The number of benzene rings is 1. The average Bonchev–Trinajstić information content (AvgIpc) is 3.10. The molecule has 4 nitrogen and oxygen atoms in total. The molecule has 116 valence electrons. The van der Waals surface area contributed by atoms with E-state index >= 15 is 0 Å². The number of hydrogen-bond donors (Lipinski definition) is 1. The van der Waals surface area contributed by atoms with Gasteiger partial charge in [0.25, 0.3) is 0 Å². The fourth-order valence-electron chi connectivity index (χ4n) is 4.56. The zero-order valence-electron chi connectivity index (χ0n) is 12.3. The molecule has 1 aliphatic heterocycles. The summed E-state index contributed by atoms with van der Waals surface area (Å²) in [6.07, 6.45) is 2.73. The van der Waals surface area contributed by atoms with Crippen molar-refractivity contribution in [1.82, 2.24) is 0 Å². The highest BCUT2D eigenvalue weighted by Crippen LogP contribution is 2.57. The third-order valence-electron chi connectivity index (χ3n) is 5.49. The van der Waals surface area contributed by atoms with Gasteiger partial charge in [-0.15, -0.1) is 0 Å². The zero-order chi connectivity index (χ0) is 15.4. The summed E-state index contributed by atoms with van der Waals surface area (Å²) < 4.78 is 6.41. The maximum atomic E-state index is 12.8. The topological polar surface area (TPSA) is 55.4 Å². The van der Waals surface area contributed by atoms with Gasteiger partial charge in [0.05, 0.1) is 11.8 Å². The van der Waals surface area contributed by atoms with Gasteiger partial charge < -0.3 is 10.1 Å². The molecule has 3 aliphatic rings. The summed E-state index contributed by atoms with van der Waals surface area (Å²) in [7, 11) is 0. The van der Waals surface area contributed by atoms with Crippen molar-refractivity contribution in [3.8, 4) is 0 Å². The van der Waals surface area contributed by atoms with Crippen molar-refractivity contribution < 1.29 is 14.3 Å². The first-order valence-electron chi connectivity index (χ1n) is 7.88. The van der Waals surface area contributed by atoms with Crippen molar-refractivity contribution in [1.29, 1.82) is 0 Å². The number of amides is 1. The number of carbonyl (C=O) groups is 2. The highest BCUT2D eigenvalue weighted by molar-refractivity contribution is 9.10. The van der Waals surface area contributed by atoms with Gasteiger partial charge in [-0.3, -0.25) is 9.59 Å². The fourth-order valence-corrected chi connectivity index (χ4v) is 4.96. The van der Waals surface area contributed by atoms with Crippen molar-refractivity contribution in [2.24, 2.45) is 23.7 Å². The summed E-state index contributed by atoms with van der Waals surface area (Å²) >= 11 is 3.46. The van der Waals surface area contributed by atoms with Gasteiger partial charge in [0.15, 0.2) is 0 Å². The van der Waals surface area contributed by atoms with E-state index in [1.165, 1.54) is 0 Å². The number of fused-ring (bicyclic) bond motifs is 1. The first-order valence-corrected chi connectivity index (χ1v) is 8.67. The van der Waals surface area contributed by atoms with Gasteiger partial charge in [-0.25, -0.2) is 0 Å². The molecule has 5 atom stereocenters. The lowest BCUT2D eigenvalue weighted by molar-refractivity contribution is -0.145. The van der Waals surface area contributed by atoms with Crippen LogP contribution < -0.4 is 5.32 Å². The summed E-state index contributed by atoms with van der Waals surface area (Å²) in [5.41, 5.74) is 1.94. The largest absolute Gasteiger partial charge is 0.462 e. The lowest BCUT2D eigenvalue weighted by atomic mass is 9.79. The lowest BCUT2D eigenvalue weighted by Crippen LogP contribution is -2.36. The highest BCUT2D eigenvalue weighted by atomic mass is 79.9. The van der Waals surface area contributed by atoms with Crippen LogP contribution in [0.1, 0.15) is 25.3 Å². The SMILES string of the molecule is CCc1cc(Br)ccc1NC(=O)[C@H]1[C@H]2C[C@@H]3[C@@H]1C(=O)O[C@@H]3C2. The first kappa shape index (κ1) is 14.2. The summed E-state index contributed by atoms with van der Waals surface area (Å²) in [4.78, 5) is 24.8. The fraction of sp³-hybridized carbons (Fsp3) is 0.529. The molecule has 0 radical (unpaired) electrons. The molecule has 2 aliphatic carbocycles. The molecule has 0 aromatic heterocycles. The quantitative estimate of drug-likeness (QED) is 0.839. The standard InChI is InChI=1S/C17H18BrNO3/c1-2-8-5-10(18)3-4-12(8)19-16(20)14-9-6-11-13(7-9)22-17(21)15(11)14/h3-5,9,11,13-15H,2,6-7H2,1H3,(H,19,20)/t9-,11-,13+,14-,15-/m0/s1. The Kier molecular flexibility index (Phi) is 3.29. The van der Waals surface area contributed by atoms with Gasteiger partial charge in [-0.2, -0.15) is 0 Å². The van der Waals surface area contributed by atoms with E-state index in [9.17, 15) is 9.59 Å². The Balaban J connectivity index is 1.57. The number of aryl methyl sites for hydroxylation is 1. The molecule has 5 heteroatoms. The predicted molar refractivity (Wildman–Crippen MR) is 85.2 cm³/mol. The minimum Gasteiger partial charge on any atom is -0.462 e. The minimum absolute atomic E-state index is 0.0215. The molecule has 1 amide bonds. The van der Waals surface area contributed by atoms with Crippen LogP contribution in [0.3, 0.4) is 0 Å². The Morgan fingerprint density at radius 3 is 3.00 bits per heavy atom. The van der Waals surface area contributed by atoms with Gasteiger partial charge in [-0.05, 0) is 48.9 Å². The summed E-state index contributed by atoms with van der Waals surface area (Å²) in [5.74, 6) is -0.0573. The molecular weight excluding hydrogens is 346 g/mol. The Labute approximate surface area is 137 Å². The smallest absolute Gasteiger partial charge is 0.310 e. The van der Waals surface area contributed by atoms with Gasteiger partial charge >= 0.3 is 5.97 Å². The zero-order valence-corrected chi connectivity index (χ0v) is 13.9. The second-order valence-corrected chi connectivity index (χ2v) is 7.48. The summed E-state index contributed by atoms with van der Waals surface area (Å²) in [6.45, 7) is 2.06. The van der Waals surface area contributed by atoms with E-state index in [4.69, 9.17) is 4.74 Å². The molecule has 0 unspecified atom stereocenters. The van der Waals surface area contributed by atoms with Gasteiger partial charge in [0.1, 0.15) is 6.10 Å². The Morgan fingerprint density at radius 1 is 1.41 bits per heavy atom. The first-order chi connectivity index (χ1) is 10.6. The average molecular weight is 364 g/mol. The highest BCUT2D eigenvalue weighted by Gasteiger charge is 2.63. The maximum absolute atomic E-state index is 12.8. The molecule has 1 heterocycles. The van der Waals surface area contributed by atoms with E-state index in [0.29, 0.717) is 5.92 Å². The Hall–Kier alpha value is -1.36. The van der Waals surface area contributed by atoms with Crippen LogP contribution in [0.2, 0.25) is 0 Å². The second-order valence-electron chi connectivity index (χ2n) is 6.57. The molecule has 0 spiro atoms. The minimum atomic E-state index is -0.218. The van der Waals surface area contributed by atoms with E-state index in [0.717, 1.165) is 35.0 Å². The van der Waals surface area contributed by atoms with E-state index in [-0.39, 0.29) is 35.7 Å². The normalized spacial score (nSPS) is 34.8. The molecule has 3 fully saturated rings. The number of anilines is 1. The van der Waals surface area contributed by atoms with Crippen LogP contribution in [0.4, 0.5) is 5.69 Å². The van der Waals surface area contributed by atoms with Crippen LogP contribution >= 0.6 is 15.9 Å². The number of nitrogens with one attached hydrogen (secondary N) is 1. The van der Waals surface area contributed by atoms with Crippen molar-refractivity contribution in [3.05, 3.63) is 28.2 Å². The third-order valence-corrected chi connectivity index (χ3v) is 5.99. The summed E-state index contributed by atoms with van der Waals surface area (Å²) in [5, 5.41) is 3.05. The van der Waals surface area contributed by atoms with Crippen molar-refractivity contribution in [2.75, 3.05) is 5.32 Å². The van der Waals surface area contributed by atoms with E-state index in [1.807, 2.05) is 18.2 Å². The number of rotatable bonds is 3. The molecule has 22 heavy (non-hydrogen) atoms. The molecular formula is C17H18BrNO3. The second kappa shape index (κ2) is 5.08. The molecule has 2 bridgehead atoms. The van der Waals surface area contributed by atoms with Crippen molar-refractivity contribution >= 4 is 33.5 Å². The monoisotopic (exact) mass is 363 g/mol. The summed E-state index contributed by atoms with van der Waals surface area (Å²) in [6, 6.07) is 5.87. The number of carbonyl (C=O) groups excluding carboxylic acids is 2. The Bertz CT molecular complexity index is 657. The van der Waals surface area contributed by atoms with Gasteiger partial charge in [0, 0.05) is 16.1 Å². The number of hydrogen-bond acceptors (Lipinski definition) is 3. The number of esters is 1. The molecule has 1 N–H and O–H groups in total. The lowest BCUT2D eigenvalue weighted by Gasteiger charge is -2.24. The van der Waals surface area contributed by atoms with E-state index in [2.05, 4.69) is 28.2 Å². The molecule has 2 saturated carbocycles. The van der Waals surface area contributed by atoms with Crippen LogP contribution in [0.15, 0.2) is 22.7 Å². The molecule has 1 saturated heterocycles. The van der Waals surface area contributed by atoms with Crippen LogP contribution in [0.5, 0.6) is 0 Å². The van der Waals surface area contributed by atoms with E-state index in [1.54, 1.807) is 0 Å². The van der Waals surface area contributed by atoms with Crippen molar-refractivity contribution in [2.45, 2.75) is 32.3 Å². The van der Waals surface area contributed by atoms with Gasteiger partial charge in [-0.1, -0.05) is 22.9 Å². The van der Waals surface area contributed by atoms with Crippen LogP contribution in [0.25, 0.3) is 0 Å². The molecule has 1 aromatic carbocycles. The van der Waals surface area contributed by atoms with Gasteiger partial charge in [0.2, 0.25) is 5.91 Å². The maximum Gasteiger partial charge on any atom is 0.310 e. The predicted octanol–water partition coefficient (Wildman–Crippen LogP) is 3.15. The third kappa shape index (κ3) is 2.02.